The van der Waals surface area contributed by atoms with Crippen molar-refractivity contribution in [2.75, 3.05) is 5.32 Å². The first-order valence-corrected chi connectivity index (χ1v) is 5.75. The van der Waals surface area contributed by atoms with Gasteiger partial charge in [0.2, 0.25) is 11.7 Å². The first kappa shape index (κ1) is 13.0. The summed E-state index contributed by atoms with van der Waals surface area (Å²) in [6.07, 6.45) is 0.115. The molecule has 5 nitrogen and oxygen atoms in total. The normalized spacial score (nSPS) is 10.5. The summed E-state index contributed by atoms with van der Waals surface area (Å²) in [4.78, 5) is 33.7. The molecule has 0 aliphatic carbocycles. The number of nitrogens with one attached hydrogen (secondary N) is 1. The van der Waals surface area contributed by atoms with Gasteiger partial charge in [-0.25, -0.2) is 0 Å². The lowest BCUT2D eigenvalue weighted by molar-refractivity contribution is -0.127. The first-order chi connectivity index (χ1) is 8.93. The zero-order valence-corrected chi connectivity index (χ0v) is 10.9. The van der Waals surface area contributed by atoms with E-state index in [1.807, 2.05) is 13.8 Å². The molecule has 0 atom stereocenters. The smallest absolute Gasteiger partial charge is 0.288 e. The van der Waals surface area contributed by atoms with Gasteiger partial charge in [0, 0.05) is 0 Å². The topological polar surface area (TPSA) is 76.4 Å². The standard InChI is InChI=1S/C14H13NO4/c1-7-4-10-11(5-8(7)2)19-9(3)13(14(10)18)15-12(17)6-16/h4-6H,1-3H3,(H,15,17). The van der Waals surface area contributed by atoms with Gasteiger partial charge in [0.05, 0.1) is 5.39 Å². The van der Waals surface area contributed by atoms with E-state index in [1.54, 1.807) is 19.1 Å². The Labute approximate surface area is 109 Å². The van der Waals surface area contributed by atoms with Crippen LogP contribution in [0.25, 0.3) is 11.0 Å². The molecule has 2 aromatic rings. The van der Waals surface area contributed by atoms with Crippen LogP contribution >= 0.6 is 0 Å². The van der Waals surface area contributed by atoms with Gasteiger partial charge in [0.25, 0.3) is 5.91 Å². The van der Waals surface area contributed by atoms with Gasteiger partial charge < -0.3 is 9.73 Å². The second-order valence-electron chi connectivity index (χ2n) is 4.40. The van der Waals surface area contributed by atoms with Crippen molar-refractivity contribution >= 4 is 28.8 Å². The van der Waals surface area contributed by atoms with Crippen LogP contribution in [-0.4, -0.2) is 12.2 Å². The summed E-state index contributed by atoms with van der Waals surface area (Å²) in [5.74, 6) is -0.602. The second-order valence-corrected chi connectivity index (χ2v) is 4.40. The van der Waals surface area contributed by atoms with Crippen molar-refractivity contribution in [3.05, 3.63) is 39.2 Å². The zero-order chi connectivity index (χ0) is 14.2. The van der Waals surface area contributed by atoms with E-state index in [2.05, 4.69) is 5.32 Å². The molecule has 1 aromatic carbocycles. The lowest BCUT2D eigenvalue weighted by atomic mass is 10.1. The third-order valence-electron chi connectivity index (χ3n) is 3.04. The molecule has 1 amide bonds. The molecule has 0 fully saturated rings. The van der Waals surface area contributed by atoms with Crippen molar-refractivity contribution in [3.63, 3.8) is 0 Å². The van der Waals surface area contributed by atoms with E-state index >= 15 is 0 Å². The second kappa shape index (κ2) is 4.68. The Morgan fingerprint density at radius 1 is 1.21 bits per heavy atom. The number of carbonyl (C=O) groups excluding carboxylic acids is 2. The van der Waals surface area contributed by atoms with Crippen LogP contribution in [0.3, 0.4) is 0 Å². The van der Waals surface area contributed by atoms with E-state index in [4.69, 9.17) is 4.42 Å². The van der Waals surface area contributed by atoms with Crippen molar-refractivity contribution in [1.29, 1.82) is 0 Å². The number of fused-ring (bicyclic) bond motifs is 1. The molecule has 0 saturated heterocycles. The quantitative estimate of drug-likeness (QED) is 0.659. The Bertz CT molecular complexity index is 743. The lowest BCUT2D eigenvalue weighted by Crippen LogP contribution is -2.20. The number of carbonyl (C=O) groups is 2. The molecule has 0 saturated carbocycles. The van der Waals surface area contributed by atoms with Crippen molar-refractivity contribution in [2.24, 2.45) is 0 Å². The van der Waals surface area contributed by atoms with Crippen LogP contribution in [0, 0.1) is 20.8 Å². The van der Waals surface area contributed by atoms with Crippen LogP contribution in [-0.2, 0) is 9.59 Å². The minimum absolute atomic E-state index is 0.00727. The predicted octanol–water partition coefficient (Wildman–Crippen LogP) is 1.86. The summed E-state index contributed by atoms with van der Waals surface area (Å²) < 4.78 is 5.52. The summed E-state index contributed by atoms with van der Waals surface area (Å²) in [6, 6.07) is 3.50. The van der Waals surface area contributed by atoms with Crippen LogP contribution in [0.5, 0.6) is 0 Å². The molecule has 1 aromatic heterocycles. The molecule has 1 N–H and O–H groups in total. The predicted molar refractivity (Wildman–Crippen MR) is 71.4 cm³/mol. The van der Waals surface area contributed by atoms with Gasteiger partial charge in [0.1, 0.15) is 17.0 Å². The van der Waals surface area contributed by atoms with E-state index in [1.165, 1.54) is 0 Å². The fourth-order valence-electron chi connectivity index (χ4n) is 1.86. The van der Waals surface area contributed by atoms with Gasteiger partial charge in [-0.1, -0.05) is 0 Å². The van der Waals surface area contributed by atoms with Crippen molar-refractivity contribution < 1.29 is 14.0 Å². The zero-order valence-electron chi connectivity index (χ0n) is 10.9. The highest BCUT2D eigenvalue weighted by Crippen LogP contribution is 2.21. The van der Waals surface area contributed by atoms with Gasteiger partial charge in [0.15, 0.2) is 0 Å². The van der Waals surface area contributed by atoms with Crippen LogP contribution < -0.4 is 10.7 Å². The van der Waals surface area contributed by atoms with Crippen LogP contribution in [0.1, 0.15) is 16.9 Å². The lowest BCUT2D eigenvalue weighted by Gasteiger charge is -2.08. The maximum atomic E-state index is 12.3. The molecule has 0 aliphatic rings. The third kappa shape index (κ3) is 2.27. The van der Waals surface area contributed by atoms with Crippen molar-refractivity contribution in [3.8, 4) is 0 Å². The van der Waals surface area contributed by atoms with Gasteiger partial charge in [-0.3, -0.25) is 14.4 Å². The van der Waals surface area contributed by atoms with Gasteiger partial charge in [-0.05, 0) is 44.0 Å². The highest BCUT2D eigenvalue weighted by atomic mass is 16.3. The van der Waals surface area contributed by atoms with E-state index < -0.39 is 5.91 Å². The van der Waals surface area contributed by atoms with E-state index in [-0.39, 0.29) is 23.2 Å². The Kier molecular flexibility index (Phi) is 3.21. The summed E-state index contributed by atoms with van der Waals surface area (Å²) in [5, 5.41) is 2.63. The summed E-state index contributed by atoms with van der Waals surface area (Å²) in [7, 11) is 0. The maximum absolute atomic E-state index is 12.3. The Morgan fingerprint density at radius 3 is 2.47 bits per heavy atom. The molecule has 0 radical (unpaired) electrons. The molecule has 0 bridgehead atoms. The molecule has 0 aliphatic heterocycles. The maximum Gasteiger partial charge on any atom is 0.288 e. The van der Waals surface area contributed by atoms with E-state index in [0.29, 0.717) is 11.0 Å². The number of rotatable bonds is 2. The molecule has 98 valence electrons. The largest absolute Gasteiger partial charge is 0.459 e. The molecule has 19 heavy (non-hydrogen) atoms. The molecular weight excluding hydrogens is 246 g/mol. The van der Waals surface area contributed by atoms with Gasteiger partial charge in [-0.2, -0.15) is 0 Å². The average molecular weight is 259 g/mol. The number of amides is 1. The Balaban J connectivity index is 2.74. The summed E-state index contributed by atoms with van der Waals surface area (Å²) in [5.41, 5.74) is 2.09. The first-order valence-electron chi connectivity index (χ1n) is 5.75. The number of hydrogen-bond acceptors (Lipinski definition) is 4. The number of aldehydes is 1. The summed E-state index contributed by atoms with van der Waals surface area (Å²) >= 11 is 0. The van der Waals surface area contributed by atoms with Crippen molar-refractivity contribution in [1.82, 2.24) is 0 Å². The SMILES string of the molecule is Cc1cc2oc(C)c(NC(=O)C=O)c(=O)c2cc1C. The fourth-order valence-corrected chi connectivity index (χ4v) is 1.86. The minimum Gasteiger partial charge on any atom is -0.459 e. The van der Waals surface area contributed by atoms with Gasteiger partial charge >= 0.3 is 0 Å². The number of benzene rings is 1. The van der Waals surface area contributed by atoms with Crippen LogP contribution in [0.15, 0.2) is 21.3 Å². The van der Waals surface area contributed by atoms with E-state index in [0.717, 1.165) is 11.1 Å². The Morgan fingerprint density at radius 2 is 1.84 bits per heavy atom. The van der Waals surface area contributed by atoms with E-state index in [9.17, 15) is 14.4 Å². The number of hydrogen-bond donors (Lipinski definition) is 1. The average Bonchev–Trinajstić information content (AvgIpc) is 2.37. The molecular formula is C14H13NO4. The number of aryl methyl sites for hydroxylation is 3. The van der Waals surface area contributed by atoms with Gasteiger partial charge in [-0.15, -0.1) is 0 Å². The molecule has 0 unspecified atom stereocenters. The molecule has 5 heteroatoms. The van der Waals surface area contributed by atoms with Crippen LogP contribution in [0.4, 0.5) is 5.69 Å². The van der Waals surface area contributed by atoms with Crippen LogP contribution in [0.2, 0.25) is 0 Å². The highest BCUT2D eigenvalue weighted by molar-refractivity contribution is 6.29. The molecule has 0 spiro atoms. The third-order valence-corrected chi connectivity index (χ3v) is 3.04. The highest BCUT2D eigenvalue weighted by Gasteiger charge is 2.14. The minimum atomic E-state index is -0.876. The summed E-state index contributed by atoms with van der Waals surface area (Å²) in [6.45, 7) is 5.38. The molecule has 2 rings (SSSR count). The number of anilines is 1. The fraction of sp³-hybridized carbons (Fsp3) is 0.214. The monoisotopic (exact) mass is 259 g/mol. The molecule has 1 heterocycles. The van der Waals surface area contributed by atoms with Crippen molar-refractivity contribution in [2.45, 2.75) is 20.8 Å². The Hall–Kier alpha value is -2.43.